The Morgan fingerprint density at radius 2 is 1.52 bits per heavy atom. The van der Waals surface area contributed by atoms with E-state index in [2.05, 4.69) is 10.6 Å². The van der Waals surface area contributed by atoms with E-state index < -0.39 is 11.3 Å². The van der Waals surface area contributed by atoms with Crippen molar-refractivity contribution in [1.29, 1.82) is 0 Å². The van der Waals surface area contributed by atoms with Crippen molar-refractivity contribution < 1.29 is 9.59 Å². The lowest BCUT2D eigenvalue weighted by Crippen LogP contribution is -2.41. The molecule has 2 aromatic rings. The first-order valence-corrected chi connectivity index (χ1v) is 8.46. The molecule has 0 saturated heterocycles. The van der Waals surface area contributed by atoms with Crippen LogP contribution in [0.1, 0.15) is 30.5 Å². The van der Waals surface area contributed by atoms with Crippen LogP contribution in [0.5, 0.6) is 0 Å². The molecule has 0 atom stereocenters. The van der Waals surface area contributed by atoms with Crippen molar-refractivity contribution in [3.8, 4) is 0 Å². The van der Waals surface area contributed by atoms with Gasteiger partial charge in [-0.3, -0.25) is 9.59 Å². The first-order chi connectivity index (χ1) is 11.6. The number of benzene rings is 2. The predicted molar refractivity (Wildman–Crippen MR) is 103 cm³/mol. The molecule has 0 aliphatic heterocycles. The van der Waals surface area contributed by atoms with Crippen molar-refractivity contribution in [2.75, 3.05) is 10.6 Å². The molecule has 0 unspecified atom stereocenters. The van der Waals surface area contributed by atoms with E-state index in [-0.39, 0.29) is 5.91 Å². The summed E-state index contributed by atoms with van der Waals surface area (Å²) in [6, 6.07) is 11.2. The van der Waals surface area contributed by atoms with E-state index in [0.29, 0.717) is 16.4 Å². The number of aryl methyl sites for hydroxylation is 3. The van der Waals surface area contributed by atoms with Crippen LogP contribution in [0.4, 0.5) is 11.4 Å². The van der Waals surface area contributed by atoms with E-state index in [1.807, 2.05) is 51.1 Å². The van der Waals surface area contributed by atoms with Crippen LogP contribution in [-0.4, -0.2) is 11.8 Å². The van der Waals surface area contributed by atoms with Crippen molar-refractivity contribution in [3.05, 3.63) is 58.1 Å². The third kappa shape index (κ3) is 4.20. The second-order valence-electron chi connectivity index (χ2n) is 6.79. The topological polar surface area (TPSA) is 58.2 Å². The molecule has 0 bridgehead atoms. The molecule has 2 N–H and O–H groups in total. The summed E-state index contributed by atoms with van der Waals surface area (Å²) in [5, 5.41) is 6.08. The smallest absolute Gasteiger partial charge is 0.239 e. The van der Waals surface area contributed by atoms with Gasteiger partial charge in [-0.15, -0.1) is 0 Å². The molecule has 4 nitrogen and oxygen atoms in total. The second-order valence-corrected chi connectivity index (χ2v) is 7.19. The van der Waals surface area contributed by atoms with Gasteiger partial charge in [-0.2, -0.15) is 0 Å². The maximum atomic E-state index is 12.7. The van der Waals surface area contributed by atoms with Crippen molar-refractivity contribution >= 4 is 34.8 Å². The number of carbonyl (C=O) groups is 2. The Morgan fingerprint density at radius 1 is 0.920 bits per heavy atom. The Hall–Kier alpha value is -2.33. The van der Waals surface area contributed by atoms with E-state index in [0.717, 1.165) is 16.7 Å². The lowest BCUT2D eigenvalue weighted by molar-refractivity contribution is -0.135. The van der Waals surface area contributed by atoms with Gasteiger partial charge in [0.25, 0.3) is 0 Å². The monoisotopic (exact) mass is 358 g/mol. The Bertz CT molecular complexity index is 805. The molecule has 2 rings (SSSR count). The molecule has 0 fully saturated rings. The van der Waals surface area contributed by atoms with Crippen LogP contribution in [0.2, 0.25) is 5.02 Å². The summed E-state index contributed by atoms with van der Waals surface area (Å²) in [5.41, 5.74) is 2.77. The van der Waals surface area contributed by atoms with Crippen LogP contribution >= 0.6 is 11.6 Å². The lowest BCUT2D eigenvalue weighted by atomic mass is 9.90. The maximum Gasteiger partial charge on any atom is 0.239 e. The molecular formula is C20H23ClN2O2. The highest BCUT2D eigenvalue weighted by Gasteiger charge is 2.36. The molecule has 5 heteroatoms. The van der Waals surface area contributed by atoms with Gasteiger partial charge in [-0.1, -0.05) is 35.9 Å². The number of rotatable bonds is 4. The van der Waals surface area contributed by atoms with Crippen LogP contribution in [0.15, 0.2) is 36.4 Å². The third-order valence-corrected chi connectivity index (χ3v) is 4.50. The standard InChI is InChI=1S/C20H23ClN2O2/c1-12-10-14(3)17(15(21)11-12)23-19(25)20(4,5)18(24)22-16-9-7-6-8-13(16)2/h6-11H,1-5H3,(H,22,24)(H,23,25). The van der Waals surface area contributed by atoms with Crippen LogP contribution in [0, 0.1) is 26.2 Å². The molecule has 0 heterocycles. The fraction of sp³-hybridized carbons (Fsp3) is 0.300. The zero-order valence-corrected chi connectivity index (χ0v) is 15.9. The molecule has 2 aromatic carbocycles. The van der Waals surface area contributed by atoms with E-state index in [1.165, 1.54) is 0 Å². The zero-order chi connectivity index (χ0) is 18.8. The van der Waals surface area contributed by atoms with Gasteiger partial charge in [0.1, 0.15) is 5.41 Å². The van der Waals surface area contributed by atoms with Gasteiger partial charge in [-0.05, 0) is 63.4 Å². The number of hydrogen-bond donors (Lipinski definition) is 2. The van der Waals surface area contributed by atoms with Crippen molar-refractivity contribution in [2.45, 2.75) is 34.6 Å². The highest BCUT2D eigenvalue weighted by atomic mass is 35.5. The van der Waals surface area contributed by atoms with E-state index >= 15 is 0 Å². The fourth-order valence-corrected chi connectivity index (χ4v) is 2.81. The number of carbonyl (C=O) groups excluding carboxylic acids is 2. The maximum absolute atomic E-state index is 12.7. The van der Waals surface area contributed by atoms with Crippen LogP contribution in [0.3, 0.4) is 0 Å². The first-order valence-electron chi connectivity index (χ1n) is 8.08. The SMILES string of the molecule is Cc1cc(C)c(NC(=O)C(C)(C)C(=O)Nc2ccccc2C)c(Cl)c1. The summed E-state index contributed by atoms with van der Waals surface area (Å²) in [6.07, 6.45) is 0. The number of halogens is 1. The van der Waals surface area contributed by atoms with E-state index in [4.69, 9.17) is 11.6 Å². The molecule has 0 aliphatic carbocycles. The molecule has 132 valence electrons. The van der Waals surface area contributed by atoms with Gasteiger partial charge < -0.3 is 10.6 Å². The van der Waals surface area contributed by atoms with Crippen LogP contribution < -0.4 is 10.6 Å². The number of amides is 2. The van der Waals surface area contributed by atoms with Gasteiger partial charge in [0.2, 0.25) is 11.8 Å². The number of hydrogen-bond acceptors (Lipinski definition) is 2. The van der Waals surface area contributed by atoms with E-state index in [9.17, 15) is 9.59 Å². The minimum Gasteiger partial charge on any atom is -0.325 e. The van der Waals surface area contributed by atoms with Gasteiger partial charge in [0.05, 0.1) is 10.7 Å². The fourth-order valence-electron chi connectivity index (χ4n) is 2.44. The summed E-state index contributed by atoms with van der Waals surface area (Å²) in [5.74, 6) is -0.785. The van der Waals surface area contributed by atoms with E-state index in [1.54, 1.807) is 19.9 Å². The molecule has 0 aromatic heterocycles. The third-order valence-electron chi connectivity index (χ3n) is 4.20. The predicted octanol–water partition coefficient (Wildman–Crippen LogP) is 4.87. The first kappa shape index (κ1) is 19.0. The quantitative estimate of drug-likeness (QED) is 0.766. The van der Waals surface area contributed by atoms with Crippen LogP contribution in [0.25, 0.3) is 0 Å². The number of nitrogens with one attached hydrogen (secondary N) is 2. The van der Waals surface area contributed by atoms with Crippen molar-refractivity contribution in [3.63, 3.8) is 0 Å². The van der Waals surface area contributed by atoms with Gasteiger partial charge >= 0.3 is 0 Å². The number of anilines is 2. The Labute approximate surface area is 153 Å². The minimum absolute atomic E-state index is 0.375. The van der Waals surface area contributed by atoms with Crippen LogP contribution in [-0.2, 0) is 9.59 Å². The van der Waals surface area contributed by atoms with Gasteiger partial charge in [0, 0.05) is 5.69 Å². The average molecular weight is 359 g/mol. The lowest BCUT2D eigenvalue weighted by Gasteiger charge is -2.24. The summed E-state index contributed by atoms with van der Waals surface area (Å²) in [7, 11) is 0. The molecule has 0 spiro atoms. The second kappa shape index (κ2) is 7.28. The summed E-state index contributed by atoms with van der Waals surface area (Å²) < 4.78 is 0. The zero-order valence-electron chi connectivity index (χ0n) is 15.2. The Kier molecular flexibility index (Phi) is 5.53. The average Bonchev–Trinajstić information content (AvgIpc) is 2.52. The highest BCUT2D eigenvalue weighted by Crippen LogP contribution is 2.30. The van der Waals surface area contributed by atoms with Crippen molar-refractivity contribution in [2.24, 2.45) is 5.41 Å². The molecule has 0 radical (unpaired) electrons. The molecular weight excluding hydrogens is 336 g/mol. The van der Waals surface area contributed by atoms with Gasteiger partial charge in [0.15, 0.2) is 0 Å². The van der Waals surface area contributed by atoms with Gasteiger partial charge in [-0.25, -0.2) is 0 Å². The summed E-state index contributed by atoms with van der Waals surface area (Å²) >= 11 is 6.24. The summed E-state index contributed by atoms with van der Waals surface area (Å²) in [6.45, 7) is 8.89. The molecule has 0 aliphatic rings. The van der Waals surface area contributed by atoms with Crippen molar-refractivity contribution in [1.82, 2.24) is 0 Å². The molecule has 25 heavy (non-hydrogen) atoms. The highest BCUT2D eigenvalue weighted by molar-refractivity contribution is 6.34. The largest absolute Gasteiger partial charge is 0.325 e. The minimum atomic E-state index is -1.26. The normalized spacial score (nSPS) is 11.1. The Balaban J connectivity index is 2.20. The number of para-hydroxylation sites is 1. The molecule has 0 saturated carbocycles. The summed E-state index contributed by atoms with van der Waals surface area (Å²) in [4.78, 5) is 25.3. The molecule has 2 amide bonds. The Morgan fingerprint density at radius 3 is 2.12 bits per heavy atom.